The van der Waals surface area contributed by atoms with Gasteiger partial charge in [0.25, 0.3) is 0 Å². The molecule has 0 atom stereocenters. The number of hydrogen-bond acceptors (Lipinski definition) is 4. The van der Waals surface area contributed by atoms with E-state index in [0.29, 0.717) is 17.5 Å². The van der Waals surface area contributed by atoms with E-state index in [2.05, 4.69) is 115 Å². The van der Waals surface area contributed by atoms with E-state index in [-0.39, 0.29) is 0 Å². The van der Waals surface area contributed by atoms with E-state index in [1.807, 2.05) is 84.9 Å². The average Bonchev–Trinajstić information content (AvgIpc) is 3.65. The van der Waals surface area contributed by atoms with Crippen LogP contribution in [-0.4, -0.2) is 15.0 Å². The SMILES string of the molecule is c1ccc(-c2ccc(-c3cc(-c4ccc(-c5ccccc5)cc4)c4oc5ccc(-c6nc(-c7ccccc7)nc(-c7ccccc7)n6)cc5c4c3)cc2)cc1. The van der Waals surface area contributed by atoms with Gasteiger partial charge in [0.1, 0.15) is 11.2 Å². The van der Waals surface area contributed by atoms with Crippen LogP contribution in [0.15, 0.2) is 205 Å². The number of nitrogens with zero attached hydrogens (tertiary/aromatic N) is 3. The molecule has 0 N–H and O–H groups in total. The molecular formula is C51H33N3O. The zero-order valence-electron chi connectivity index (χ0n) is 29.8. The standard InChI is InChI=1S/C51H33N3O/c1-5-13-34(14-6-1)36-21-23-38(24-22-36)43-32-44(39-27-25-37(26-28-39)35-15-7-2-8-16-35)48-46(33-43)45-31-42(29-30-47(45)55-48)51-53-49(40-17-9-3-10-18-40)52-50(54-51)41-19-11-4-12-20-41/h1-33H. The predicted octanol–water partition coefficient (Wildman–Crippen LogP) is 13.4. The van der Waals surface area contributed by atoms with Crippen LogP contribution in [0.25, 0.3) is 101 Å². The van der Waals surface area contributed by atoms with Gasteiger partial charge in [-0.1, -0.05) is 170 Å². The molecule has 2 heterocycles. The molecule has 4 heteroatoms. The molecule has 0 aliphatic carbocycles. The molecule has 0 amide bonds. The zero-order valence-corrected chi connectivity index (χ0v) is 29.8. The van der Waals surface area contributed by atoms with Gasteiger partial charge < -0.3 is 4.42 Å². The minimum atomic E-state index is 0.605. The Morgan fingerprint density at radius 2 is 0.636 bits per heavy atom. The third-order valence-corrected chi connectivity index (χ3v) is 10.2. The van der Waals surface area contributed by atoms with Gasteiger partial charge >= 0.3 is 0 Å². The largest absolute Gasteiger partial charge is 0.455 e. The first-order valence-corrected chi connectivity index (χ1v) is 18.4. The summed E-state index contributed by atoms with van der Waals surface area (Å²) in [6, 6.07) is 69.4. The highest BCUT2D eigenvalue weighted by Crippen LogP contribution is 2.41. The topological polar surface area (TPSA) is 51.8 Å². The van der Waals surface area contributed by atoms with Gasteiger partial charge in [-0.25, -0.2) is 15.0 Å². The Morgan fingerprint density at radius 1 is 0.273 bits per heavy atom. The maximum absolute atomic E-state index is 6.74. The summed E-state index contributed by atoms with van der Waals surface area (Å²) in [4.78, 5) is 14.9. The average molecular weight is 704 g/mol. The van der Waals surface area contributed by atoms with E-state index in [0.717, 1.165) is 60.9 Å². The second kappa shape index (κ2) is 13.8. The maximum Gasteiger partial charge on any atom is 0.164 e. The molecule has 0 spiro atoms. The van der Waals surface area contributed by atoms with E-state index in [1.165, 1.54) is 22.3 Å². The summed E-state index contributed by atoms with van der Waals surface area (Å²) in [5, 5.41) is 2.03. The van der Waals surface area contributed by atoms with Crippen LogP contribution < -0.4 is 0 Å². The minimum absolute atomic E-state index is 0.605. The van der Waals surface area contributed by atoms with Crippen molar-refractivity contribution in [1.29, 1.82) is 0 Å². The Bertz CT molecular complexity index is 2870. The molecule has 0 saturated heterocycles. The predicted molar refractivity (Wildman–Crippen MR) is 225 cm³/mol. The summed E-state index contributed by atoms with van der Waals surface area (Å²) in [5.74, 6) is 1.86. The number of rotatable bonds is 7. The fourth-order valence-corrected chi connectivity index (χ4v) is 7.29. The molecule has 2 aromatic heterocycles. The second-order valence-electron chi connectivity index (χ2n) is 13.6. The number of fused-ring (bicyclic) bond motifs is 3. The van der Waals surface area contributed by atoms with Crippen molar-refractivity contribution in [3.63, 3.8) is 0 Å². The zero-order chi connectivity index (χ0) is 36.6. The van der Waals surface area contributed by atoms with Crippen LogP contribution in [0, 0.1) is 0 Å². The first-order chi connectivity index (χ1) is 27.2. The lowest BCUT2D eigenvalue weighted by Crippen LogP contribution is -2.00. The molecular weight excluding hydrogens is 671 g/mol. The summed E-state index contributed by atoms with van der Waals surface area (Å²) in [6.45, 7) is 0. The summed E-state index contributed by atoms with van der Waals surface area (Å²) >= 11 is 0. The molecule has 258 valence electrons. The van der Waals surface area contributed by atoms with Crippen molar-refractivity contribution in [2.24, 2.45) is 0 Å². The number of benzene rings is 8. The lowest BCUT2D eigenvalue weighted by atomic mass is 9.93. The molecule has 55 heavy (non-hydrogen) atoms. The number of furan rings is 1. The van der Waals surface area contributed by atoms with Crippen molar-refractivity contribution < 1.29 is 4.42 Å². The highest BCUT2D eigenvalue weighted by Gasteiger charge is 2.18. The Morgan fingerprint density at radius 3 is 1.13 bits per heavy atom. The van der Waals surface area contributed by atoms with Crippen LogP contribution in [0.4, 0.5) is 0 Å². The van der Waals surface area contributed by atoms with Crippen molar-refractivity contribution in [1.82, 2.24) is 15.0 Å². The van der Waals surface area contributed by atoms with Gasteiger partial charge in [0.15, 0.2) is 17.5 Å². The molecule has 0 fully saturated rings. The molecule has 10 rings (SSSR count). The molecule has 8 aromatic carbocycles. The Balaban J connectivity index is 1.14. The van der Waals surface area contributed by atoms with E-state index >= 15 is 0 Å². The van der Waals surface area contributed by atoms with Crippen molar-refractivity contribution in [2.45, 2.75) is 0 Å². The normalized spacial score (nSPS) is 11.3. The van der Waals surface area contributed by atoms with Gasteiger partial charge in [0, 0.05) is 33.0 Å². The molecule has 0 aliphatic rings. The lowest BCUT2D eigenvalue weighted by Gasteiger charge is -2.10. The molecule has 4 nitrogen and oxygen atoms in total. The smallest absolute Gasteiger partial charge is 0.164 e. The first kappa shape index (κ1) is 32.2. The molecule has 0 bridgehead atoms. The number of aromatic nitrogens is 3. The fraction of sp³-hybridized carbons (Fsp3) is 0. The monoisotopic (exact) mass is 703 g/mol. The van der Waals surface area contributed by atoms with E-state index in [4.69, 9.17) is 19.4 Å². The number of hydrogen-bond donors (Lipinski definition) is 0. The Labute approximate surface area is 319 Å². The van der Waals surface area contributed by atoms with Gasteiger partial charge in [0.2, 0.25) is 0 Å². The molecule has 0 unspecified atom stereocenters. The molecule has 10 aromatic rings. The van der Waals surface area contributed by atoms with Crippen LogP contribution >= 0.6 is 0 Å². The third kappa shape index (κ3) is 6.26. The summed E-state index contributed by atoms with van der Waals surface area (Å²) in [7, 11) is 0. The van der Waals surface area contributed by atoms with E-state index in [9.17, 15) is 0 Å². The molecule has 0 saturated carbocycles. The highest BCUT2D eigenvalue weighted by atomic mass is 16.3. The summed E-state index contributed by atoms with van der Waals surface area (Å²) in [6.07, 6.45) is 0. The van der Waals surface area contributed by atoms with Gasteiger partial charge in [-0.15, -0.1) is 0 Å². The van der Waals surface area contributed by atoms with E-state index in [1.54, 1.807) is 0 Å². The Kier molecular flexibility index (Phi) is 8.12. The second-order valence-corrected chi connectivity index (χ2v) is 13.6. The van der Waals surface area contributed by atoms with Gasteiger partial charge in [-0.2, -0.15) is 0 Å². The van der Waals surface area contributed by atoms with Crippen LogP contribution in [0.1, 0.15) is 0 Å². The van der Waals surface area contributed by atoms with E-state index < -0.39 is 0 Å². The molecule has 0 aliphatic heterocycles. The minimum Gasteiger partial charge on any atom is -0.455 e. The van der Waals surface area contributed by atoms with Crippen LogP contribution in [0.2, 0.25) is 0 Å². The van der Waals surface area contributed by atoms with Crippen molar-refractivity contribution in [2.75, 3.05) is 0 Å². The van der Waals surface area contributed by atoms with Crippen molar-refractivity contribution in [3.8, 4) is 78.7 Å². The first-order valence-electron chi connectivity index (χ1n) is 18.4. The summed E-state index contributed by atoms with van der Waals surface area (Å²) in [5.41, 5.74) is 13.5. The van der Waals surface area contributed by atoms with Crippen LogP contribution in [0.3, 0.4) is 0 Å². The van der Waals surface area contributed by atoms with Crippen LogP contribution in [-0.2, 0) is 0 Å². The molecule has 0 radical (unpaired) electrons. The Hall–Kier alpha value is -7.43. The highest BCUT2D eigenvalue weighted by molar-refractivity contribution is 6.12. The maximum atomic E-state index is 6.74. The van der Waals surface area contributed by atoms with Gasteiger partial charge in [0.05, 0.1) is 0 Å². The fourth-order valence-electron chi connectivity index (χ4n) is 7.29. The van der Waals surface area contributed by atoms with Crippen LogP contribution in [0.5, 0.6) is 0 Å². The summed E-state index contributed by atoms with van der Waals surface area (Å²) < 4.78 is 6.74. The van der Waals surface area contributed by atoms with Crippen molar-refractivity contribution >= 4 is 21.9 Å². The van der Waals surface area contributed by atoms with Gasteiger partial charge in [-0.05, 0) is 69.3 Å². The van der Waals surface area contributed by atoms with Crippen molar-refractivity contribution in [3.05, 3.63) is 200 Å². The van der Waals surface area contributed by atoms with Gasteiger partial charge in [-0.3, -0.25) is 0 Å². The third-order valence-electron chi connectivity index (χ3n) is 10.2. The lowest BCUT2D eigenvalue weighted by molar-refractivity contribution is 0.670. The quantitative estimate of drug-likeness (QED) is 0.166.